The van der Waals surface area contributed by atoms with Gasteiger partial charge in [-0.05, 0) is 25.3 Å². The van der Waals surface area contributed by atoms with E-state index in [9.17, 15) is 13.2 Å². The Morgan fingerprint density at radius 3 is 2.59 bits per heavy atom. The van der Waals surface area contributed by atoms with E-state index in [-0.39, 0.29) is 11.8 Å². The first-order valence-electron chi connectivity index (χ1n) is 7.69. The number of hydrogen-bond acceptors (Lipinski definition) is 3. The van der Waals surface area contributed by atoms with E-state index in [1.54, 1.807) is 0 Å². The maximum Gasteiger partial charge on any atom is 0.227 e. The monoisotopic (exact) mass is 324 g/mol. The summed E-state index contributed by atoms with van der Waals surface area (Å²) in [5.74, 6) is -0.174. The standard InChI is InChI=1S/C16H24N2O3S/c1-3-17(12-14-8-5-4-6-9-14)16(19)15-10-7-11-18(13-15)22(2,20)21/h4-6,8-9,15H,3,7,10-13H2,1-2H3/t15-/m1/s1. The molecule has 22 heavy (non-hydrogen) atoms. The SMILES string of the molecule is CCN(Cc1ccccc1)C(=O)[C@@H]1CCCN(S(C)(=O)=O)C1. The Labute approximate surface area is 133 Å². The van der Waals surface area contributed by atoms with Crippen molar-refractivity contribution in [2.75, 3.05) is 25.9 Å². The average molecular weight is 324 g/mol. The number of sulfonamides is 1. The zero-order valence-corrected chi connectivity index (χ0v) is 14.1. The van der Waals surface area contributed by atoms with Gasteiger partial charge in [0.05, 0.1) is 12.2 Å². The van der Waals surface area contributed by atoms with E-state index in [1.807, 2.05) is 42.2 Å². The van der Waals surface area contributed by atoms with Gasteiger partial charge in [0.15, 0.2) is 0 Å². The number of carbonyl (C=O) groups is 1. The summed E-state index contributed by atoms with van der Waals surface area (Å²) in [6.45, 7) is 3.99. The molecule has 0 spiro atoms. The molecule has 1 aliphatic heterocycles. The molecule has 2 rings (SSSR count). The molecule has 1 aromatic rings. The fourth-order valence-electron chi connectivity index (χ4n) is 2.85. The second-order valence-electron chi connectivity index (χ2n) is 5.80. The van der Waals surface area contributed by atoms with Gasteiger partial charge in [-0.3, -0.25) is 4.79 Å². The second kappa shape index (κ2) is 7.24. The van der Waals surface area contributed by atoms with Crippen LogP contribution >= 0.6 is 0 Å². The summed E-state index contributed by atoms with van der Waals surface area (Å²) in [5, 5.41) is 0. The van der Waals surface area contributed by atoms with Gasteiger partial charge in [-0.2, -0.15) is 0 Å². The molecule has 1 heterocycles. The van der Waals surface area contributed by atoms with Gasteiger partial charge in [0.1, 0.15) is 0 Å². The number of piperidine rings is 1. The number of benzene rings is 1. The molecule has 122 valence electrons. The van der Waals surface area contributed by atoms with Crippen LogP contribution in [0.4, 0.5) is 0 Å². The van der Waals surface area contributed by atoms with E-state index in [0.29, 0.717) is 26.2 Å². The van der Waals surface area contributed by atoms with E-state index >= 15 is 0 Å². The molecule has 1 fully saturated rings. The summed E-state index contributed by atoms with van der Waals surface area (Å²) in [5.41, 5.74) is 1.09. The summed E-state index contributed by atoms with van der Waals surface area (Å²) in [7, 11) is -3.22. The predicted molar refractivity (Wildman–Crippen MR) is 86.7 cm³/mol. The molecule has 0 bridgehead atoms. The van der Waals surface area contributed by atoms with Gasteiger partial charge in [-0.25, -0.2) is 12.7 Å². The van der Waals surface area contributed by atoms with Gasteiger partial charge >= 0.3 is 0 Å². The van der Waals surface area contributed by atoms with E-state index < -0.39 is 10.0 Å². The minimum absolute atomic E-state index is 0.0553. The molecule has 1 amide bonds. The zero-order chi connectivity index (χ0) is 16.2. The molecule has 6 heteroatoms. The second-order valence-corrected chi connectivity index (χ2v) is 7.78. The lowest BCUT2D eigenvalue weighted by Gasteiger charge is -2.33. The lowest BCUT2D eigenvalue weighted by Crippen LogP contribution is -2.46. The third-order valence-electron chi connectivity index (χ3n) is 4.11. The summed E-state index contributed by atoms with van der Waals surface area (Å²) < 4.78 is 24.8. The minimum Gasteiger partial charge on any atom is -0.338 e. The fraction of sp³-hybridized carbons (Fsp3) is 0.562. The molecular formula is C16H24N2O3S. The molecule has 0 aliphatic carbocycles. The smallest absolute Gasteiger partial charge is 0.227 e. The van der Waals surface area contributed by atoms with Crippen LogP contribution in [0, 0.1) is 5.92 Å². The molecule has 0 aromatic heterocycles. The lowest BCUT2D eigenvalue weighted by molar-refractivity contribution is -0.137. The van der Waals surface area contributed by atoms with Crippen molar-refractivity contribution in [2.45, 2.75) is 26.3 Å². The maximum atomic E-state index is 12.7. The van der Waals surface area contributed by atoms with Crippen molar-refractivity contribution < 1.29 is 13.2 Å². The van der Waals surface area contributed by atoms with Crippen LogP contribution in [0.2, 0.25) is 0 Å². The number of nitrogens with zero attached hydrogens (tertiary/aromatic N) is 2. The first kappa shape index (κ1) is 17.0. The molecule has 0 N–H and O–H groups in total. The Balaban J connectivity index is 2.05. The molecule has 0 unspecified atom stereocenters. The van der Waals surface area contributed by atoms with Crippen LogP contribution in [-0.4, -0.2) is 49.4 Å². The molecule has 1 atom stereocenters. The van der Waals surface area contributed by atoms with Crippen molar-refractivity contribution >= 4 is 15.9 Å². The Morgan fingerprint density at radius 2 is 2.00 bits per heavy atom. The highest BCUT2D eigenvalue weighted by atomic mass is 32.2. The first-order chi connectivity index (χ1) is 10.4. The molecule has 1 saturated heterocycles. The lowest BCUT2D eigenvalue weighted by atomic mass is 9.98. The predicted octanol–water partition coefficient (Wildman–Crippen LogP) is 1.71. The Morgan fingerprint density at radius 1 is 1.32 bits per heavy atom. The van der Waals surface area contributed by atoms with Gasteiger partial charge in [-0.15, -0.1) is 0 Å². The van der Waals surface area contributed by atoms with Gasteiger partial charge < -0.3 is 4.90 Å². The van der Waals surface area contributed by atoms with E-state index in [4.69, 9.17) is 0 Å². The Kier molecular flexibility index (Phi) is 5.58. The summed E-state index contributed by atoms with van der Waals surface area (Å²) in [6.07, 6.45) is 2.71. The topological polar surface area (TPSA) is 57.7 Å². The molecule has 0 saturated carbocycles. The highest BCUT2D eigenvalue weighted by Gasteiger charge is 2.32. The average Bonchev–Trinajstić information content (AvgIpc) is 2.52. The van der Waals surface area contributed by atoms with Crippen LogP contribution in [0.15, 0.2) is 30.3 Å². The maximum absolute atomic E-state index is 12.7. The number of rotatable bonds is 5. The third-order valence-corrected chi connectivity index (χ3v) is 5.38. The largest absolute Gasteiger partial charge is 0.338 e. The van der Waals surface area contributed by atoms with Crippen LogP contribution < -0.4 is 0 Å². The van der Waals surface area contributed by atoms with Crippen LogP contribution in [0.1, 0.15) is 25.3 Å². The van der Waals surface area contributed by atoms with Gasteiger partial charge in [0, 0.05) is 26.2 Å². The molecule has 1 aliphatic rings. The van der Waals surface area contributed by atoms with Crippen molar-refractivity contribution in [1.29, 1.82) is 0 Å². The normalized spacial score (nSPS) is 19.8. The molecule has 0 radical (unpaired) electrons. The van der Waals surface area contributed by atoms with Gasteiger partial charge in [0.2, 0.25) is 15.9 Å². The van der Waals surface area contributed by atoms with Crippen molar-refractivity contribution in [2.24, 2.45) is 5.92 Å². The van der Waals surface area contributed by atoms with Crippen LogP contribution in [-0.2, 0) is 21.4 Å². The quantitative estimate of drug-likeness (QED) is 0.828. The minimum atomic E-state index is -3.22. The zero-order valence-electron chi connectivity index (χ0n) is 13.2. The van der Waals surface area contributed by atoms with Gasteiger partial charge in [0.25, 0.3) is 0 Å². The fourth-order valence-corrected chi connectivity index (χ4v) is 3.76. The summed E-state index contributed by atoms with van der Waals surface area (Å²) >= 11 is 0. The highest BCUT2D eigenvalue weighted by Crippen LogP contribution is 2.21. The van der Waals surface area contributed by atoms with Crippen molar-refractivity contribution in [3.05, 3.63) is 35.9 Å². The molecule has 1 aromatic carbocycles. The number of carbonyl (C=O) groups excluding carboxylic acids is 1. The van der Waals surface area contributed by atoms with Crippen LogP contribution in [0.3, 0.4) is 0 Å². The van der Waals surface area contributed by atoms with Crippen molar-refractivity contribution in [3.8, 4) is 0 Å². The first-order valence-corrected chi connectivity index (χ1v) is 9.54. The van der Waals surface area contributed by atoms with E-state index in [2.05, 4.69) is 0 Å². The van der Waals surface area contributed by atoms with Crippen LogP contribution in [0.25, 0.3) is 0 Å². The number of hydrogen-bond donors (Lipinski definition) is 0. The van der Waals surface area contributed by atoms with Crippen molar-refractivity contribution in [1.82, 2.24) is 9.21 Å². The van der Waals surface area contributed by atoms with Crippen LogP contribution in [0.5, 0.6) is 0 Å². The molecule has 5 nitrogen and oxygen atoms in total. The Hall–Kier alpha value is -1.40. The van der Waals surface area contributed by atoms with Gasteiger partial charge in [-0.1, -0.05) is 30.3 Å². The van der Waals surface area contributed by atoms with Crippen molar-refractivity contribution in [3.63, 3.8) is 0 Å². The Bertz CT molecular complexity index is 601. The highest BCUT2D eigenvalue weighted by molar-refractivity contribution is 7.88. The third kappa shape index (κ3) is 4.30. The van der Waals surface area contributed by atoms with E-state index in [1.165, 1.54) is 10.6 Å². The number of amides is 1. The summed E-state index contributed by atoms with van der Waals surface area (Å²) in [6, 6.07) is 9.87. The molecular weight excluding hydrogens is 300 g/mol. The van der Waals surface area contributed by atoms with E-state index in [0.717, 1.165) is 18.4 Å². The summed E-state index contributed by atoms with van der Waals surface area (Å²) in [4.78, 5) is 14.5.